The number of ether oxygens (including phenoxy) is 2. The number of hydrazine groups is 1. The van der Waals surface area contributed by atoms with E-state index in [2.05, 4.69) is 12.3 Å². The Kier molecular flexibility index (Phi) is 3.54. The van der Waals surface area contributed by atoms with Gasteiger partial charge in [0, 0.05) is 5.56 Å². The average molecular weight is 236 g/mol. The first-order valence-corrected chi connectivity index (χ1v) is 5.89. The summed E-state index contributed by atoms with van der Waals surface area (Å²) >= 11 is 0. The van der Waals surface area contributed by atoms with E-state index < -0.39 is 0 Å². The molecule has 3 atom stereocenters. The Bertz CT molecular complexity index is 395. The van der Waals surface area contributed by atoms with Gasteiger partial charge in [-0.15, -0.1) is 0 Å². The summed E-state index contributed by atoms with van der Waals surface area (Å²) in [5.74, 6) is 8.66. The largest absolute Gasteiger partial charge is 0.497 e. The predicted molar refractivity (Wildman–Crippen MR) is 66.9 cm³/mol. The van der Waals surface area contributed by atoms with E-state index >= 15 is 0 Å². The van der Waals surface area contributed by atoms with Crippen molar-refractivity contribution in [2.24, 2.45) is 17.7 Å². The van der Waals surface area contributed by atoms with Crippen molar-refractivity contribution in [2.75, 3.05) is 14.2 Å². The van der Waals surface area contributed by atoms with Crippen LogP contribution >= 0.6 is 0 Å². The van der Waals surface area contributed by atoms with Crippen LogP contribution in [0.4, 0.5) is 0 Å². The normalized spacial score (nSPS) is 24.2. The van der Waals surface area contributed by atoms with Crippen molar-refractivity contribution in [1.29, 1.82) is 0 Å². The summed E-state index contributed by atoms with van der Waals surface area (Å²) in [5.41, 5.74) is 3.97. The molecule has 4 heteroatoms. The van der Waals surface area contributed by atoms with E-state index in [0.29, 0.717) is 11.8 Å². The van der Waals surface area contributed by atoms with Crippen molar-refractivity contribution in [1.82, 2.24) is 5.43 Å². The fourth-order valence-electron chi connectivity index (χ4n) is 2.34. The summed E-state index contributed by atoms with van der Waals surface area (Å²) in [6.07, 6.45) is 1.20. The Morgan fingerprint density at radius 2 is 2.06 bits per heavy atom. The standard InChI is InChI=1S/C13H20N2O2/c1-8-6-10(8)13(15-14)11-7-9(16-2)4-5-12(11)17-3/h4-5,7-8,10,13,15H,6,14H2,1-3H3. The van der Waals surface area contributed by atoms with Crippen LogP contribution in [0, 0.1) is 11.8 Å². The fraction of sp³-hybridized carbons (Fsp3) is 0.538. The lowest BCUT2D eigenvalue weighted by Gasteiger charge is -2.19. The first-order valence-electron chi connectivity index (χ1n) is 5.89. The lowest BCUT2D eigenvalue weighted by atomic mass is 10.0. The maximum absolute atomic E-state index is 5.68. The van der Waals surface area contributed by atoms with Crippen LogP contribution in [-0.2, 0) is 0 Å². The van der Waals surface area contributed by atoms with Crippen molar-refractivity contribution in [2.45, 2.75) is 19.4 Å². The molecule has 1 aliphatic carbocycles. The van der Waals surface area contributed by atoms with Crippen LogP contribution in [0.5, 0.6) is 11.5 Å². The van der Waals surface area contributed by atoms with Crippen LogP contribution in [-0.4, -0.2) is 14.2 Å². The van der Waals surface area contributed by atoms with Crippen molar-refractivity contribution >= 4 is 0 Å². The third kappa shape index (κ3) is 2.37. The van der Waals surface area contributed by atoms with E-state index in [1.807, 2.05) is 18.2 Å². The smallest absolute Gasteiger partial charge is 0.123 e. The number of nitrogens with one attached hydrogen (secondary N) is 1. The molecule has 0 bridgehead atoms. The SMILES string of the molecule is COc1ccc(OC)c(C(NN)C2CC2C)c1. The molecule has 1 fully saturated rings. The second kappa shape index (κ2) is 4.94. The Balaban J connectivity index is 2.33. The Hall–Kier alpha value is -1.26. The molecule has 0 heterocycles. The molecule has 1 aromatic carbocycles. The van der Waals surface area contributed by atoms with Gasteiger partial charge in [-0.2, -0.15) is 0 Å². The summed E-state index contributed by atoms with van der Waals surface area (Å²) < 4.78 is 10.6. The van der Waals surface area contributed by atoms with Gasteiger partial charge in [0.15, 0.2) is 0 Å². The number of nitrogens with two attached hydrogens (primary N) is 1. The Morgan fingerprint density at radius 3 is 2.53 bits per heavy atom. The van der Waals surface area contributed by atoms with Gasteiger partial charge in [-0.05, 0) is 36.5 Å². The molecule has 3 N–H and O–H groups in total. The van der Waals surface area contributed by atoms with Gasteiger partial charge in [0.2, 0.25) is 0 Å². The summed E-state index contributed by atoms with van der Waals surface area (Å²) in [6, 6.07) is 5.95. The highest BCUT2D eigenvalue weighted by molar-refractivity contribution is 5.43. The molecule has 0 aliphatic heterocycles. The van der Waals surface area contributed by atoms with Crippen molar-refractivity contribution < 1.29 is 9.47 Å². The van der Waals surface area contributed by atoms with Crippen LogP contribution in [0.3, 0.4) is 0 Å². The quantitative estimate of drug-likeness (QED) is 0.605. The molecule has 0 spiro atoms. The molecule has 0 amide bonds. The maximum Gasteiger partial charge on any atom is 0.123 e. The molecular weight excluding hydrogens is 216 g/mol. The van der Waals surface area contributed by atoms with Crippen LogP contribution in [0.15, 0.2) is 18.2 Å². The van der Waals surface area contributed by atoms with Crippen molar-refractivity contribution in [3.05, 3.63) is 23.8 Å². The molecule has 0 radical (unpaired) electrons. The van der Waals surface area contributed by atoms with E-state index in [1.54, 1.807) is 14.2 Å². The van der Waals surface area contributed by atoms with Crippen LogP contribution < -0.4 is 20.7 Å². The molecule has 4 nitrogen and oxygen atoms in total. The van der Waals surface area contributed by atoms with Crippen LogP contribution in [0.2, 0.25) is 0 Å². The number of hydrogen-bond acceptors (Lipinski definition) is 4. The van der Waals surface area contributed by atoms with Gasteiger partial charge in [-0.25, -0.2) is 0 Å². The summed E-state index contributed by atoms with van der Waals surface area (Å²) in [6.45, 7) is 2.24. The van der Waals surface area contributed by atoms with Crippen LogP contribution in [0.25, 0.3) is 0 Å². The number of methoxy groups -OCH3 is 2. The highest BCUT2D eigenvalue weighted by atomic mass is 16.5. The molecule has 1 aromatic rings. The third-order valence-corrected chi connectivity index (χ3v) is 3.55. The van der Waals surface area contributed by atoms with E-state index in [0.717, 1.165) is 17.1 Å². The lowest BCUT2D eigenvalue weighted by molar-refractivity contribution is 0.381. The highest BCUT2D eigenvalue weighted by Gasteiger charge is 2.40. The van der Waals surface area contributed by atoms with Crippen LogP contribution in [0.1, 0.15) is 24.9 Å². The lowest BCUT2D eigenvalue weighted by Crippen LogP contribution is -2.30. The van der Waals surface area contributed by atoms with E-state index in [-0.39, 0.29) is 6.04 Å². The predicted octanol–water partition coefficient (Wildman–Crippen LogP) is 1.86. The second-order valence-corrected chi connectivity index (χ2v) is 4.63. The first kappa shape index (κ1) is 12.2. The van der Waals surface area contributed by atoms with Crippen molar-refractivity contribution in [3.63, 3.8) is 0 Å². The first-order chi connectivity index (χ1) is 8.21. The molecule has 3 unspecified atom stereocenters. The molecule has 17 heavy (non-hydrogen) atoms. The third-order valence-electron chi connectivity index (χ3n) is 3.55. The van der Waals surface area contributed by atoms with Crippen molar-refractivity contribution in [3.8, 4) is 11.5 Å². The summed E-state index contributed by atoms with van der Waals surface area (Å²) in [7, 11) is 3.34. The zero-order valence-electron chi connectivity index (χ0n) is 10.6. The molecule has 0 aromatic heterocycles. The molecule has 94 valence electrons. The van der Waals surface area contributed by atoms with Gasteiger partial charge >= 0.3 is 0 Å². The molecule has 0 saturated heterocycles. The van der Waals surface area contributed by atoms with Gasteiger partial charge in [-0.3, -0.25) is 11.3 Å². The molecular formula is C13H20N2O2. The zero-order chi connectivity index (χ0) is 12.4. The molecule has 2 rings (SSSR count). The molecule has 1 aliphatic rings. The monoisotopic (exact) mass is 236 g/mol. The van der Waals surface area contributed by atoms with Gasteiger partial charge in [-0.1, -0.05) is 6.92 Å². The van der Waals surface area contributed by atoms with Gasteiger partial charge in [0.1, 0.15) is 11.5 Å². The minimum atomic E-state index is 0.134. The van der Waals surface area contributed by atoms with Gasteiger partial charge in [0.05, 0.1) is 20.3 Å². The van der Waals surface area contributed by atoms with Gasteiger partial charge < -0.3 is 9.47 Å². The van der Waals surface area contributed by atoms with E-state index in [9.17, 15) is 0 Å². The van der Waals surface area contributed by atoms with E-state index in [1.165, 1.54) is 6.42 Å². The summed E-state index contributed by atoms with van der Waals surface area (Å²) in [5, 5.41) is 0. The topological polar surface area (TPSA) is 56.5 Å². The highest BCUT2D eigenvalue weighted by Crippen LogP contribution is 2.48. The fourth-order valence-corrected chi connectivity index (χ4v) is 2.34. The maximum atomic E-state index is 5.68. The minimum absolute atomic E-state index is 0.134. The van der Waals surface area contributed by atoms with Gasteiger partial charge in [0.25, 0.3) is 0 Å². The minimum Gasteiger partial charge on any atom is -0.497 e. The number of hydrogen-bond donors (Lipinski definition) is 2. The Labute approximate surface area is 102 Å². The number of rotatable bonds is 5. The zero-order valence-corrected chi connectivity index (χ0v) is 10.6. The average Bonchev–Trinajstić information content (AvgIpc) is 3.07. The van der Waals surface area contributed by atoms with E-state index in [4.69, 9.17) is 15.3 Å². The second-order valence-electron chi connectivity index (χ2n) is 4.63. The molecule has 1 saturated carbocycles. The summed E-state index contributed by atoms with van der Waals surface area (Å²) in [4.78, 5) is 0. The Morgan fingerprint density at radius 1 is 1.35 bits per heavy atom. The number of benzene rings is 1.